The third kappa shape index (κ3) is 4.66. The Labute approximate surface area is 138 Å². The molecule has 0 aliphatic heterocycles. The molecular formula is C16H12Cl2N2O2. The molecule has 2 rings (SSSR count). The molecule has 0 spiro atoms. The van der Waals surface area contributed by atoms with Gasteiger partial charge in [-0.15, -0.1) is 0 Å². The summed E-state index contributed by atoms with van der Waals surface area (Å²) >= 11 is 11.6. The summed E-state index contributed by atoms with van der Waals surface area (Å²) in [6.07, 6.45) is -1.02. The number of ether oxygens (including phenoxy) is 2. The van der Waals surface area contributed by atoms with Crippen LogP contribution < -0.4 is 9.47 Å². The van der Waals surface area contributed by atoms with Gasteiger partial charge in [-0.1, -0.05) is 23.2 Å². The van der Waals surface area contributed by atoms with E-state index in [0.29, 0.717) is 21.5 Å². The second-order valence-electron chi connectivity index (χ2n) is 4.35. The largest absolute Gasteiger partial charge is 0.487 e. The highest BCUT2D eigenvalue weighted by Gasteiger charge is 2.16. The number of nitriles is 1. The molecule has 0 aliphatic carbocycles. The molecule has 1 atom stereocenters. The molecule has 4 nitrogen and oxygen atoms in total. The summed E-state index contributed by atoms with van der Waals surface area (Å²) < 4.78 is 10.9. The molecule has 6 heteroatoms. The maximum absolute atomic E-state index is 9.13. The summed E-state index contributed by atoms with van der Waals surface area (Å²) in [5.74, 6) is 1.03. The van der Waals surface area contributed by atoms with Crippen molar-refractivity contribution in [3.8, 4) is 17.6 Å². The maximum atomic E-state index is 9.13. The lowest BCUT2D eigenvalue weighted by Gasteiger charge is -2.14. The molecule has 0 aliphatic rings. The lowest BCUT2D eigenvalue weighted by atomic mass is 10.2. The van der Waals surface area contributed by atoms with E-state index < -0.39 is 6.10 Å². The SMILES string of the molecule is N#CC(Oc1ccc(Cl)cc1)C(=N)COc1ccc(Cl)cc1. The van der Waals surface area contributed by atoms with E-state index in [2.05, 4.69) is 0 Å². The van der Waals surface area contributed by atoms with Crippen molar-refractivity contribution in [2.75, 3.05) is 6.61 Å². The van der Waals surface area contributed by atoms with E-state index in [1.165, 1.54) is 0 Å². The predicted molar refractivity (Wildman–Crippen MR) is 86.2 cm³/mol. The summed E-state index contributed by atoms with van der Waals surface area (Å²) in [6.45, 7) is -0.0482. The highest BCUT2D eigenvalue weighted by atomic mass is 35.5. The highest BCUT2D eigenvalue weighted by molar-refractivity contribution is 6.30. The van der Waals surface area contributed by atoms with Crippen molar-refractivity contribution in [2.24, 2.45) is 0 Å². The van der Waals surface area contributed by atoms with Crippen LogP contribution >= 0.6 is 23.2 Å². The van der Waals surface area contributed by atoms with Crippen molar-refractivity contribution in [2.45, 2.75) is 6.10 Å². The van der Waals surface area contributed by atoms with E-state index in [1.807, 2.05) is 6.07 Å². The minimum atomic E-state index is -1.02. The molecule has 2 aromatic carbocycles. The summed E-state index contributed by atoms with van der Waals surface area (Å²) in [7, 11) is 0. The van der Waals surface area contributed by atoms with Crippen LogP contribution in [0.5, 0.6) is 11.5 Å². The Morgan fingerprint density at radius 1 is 1.00 bits per heavy atom. The average Bonchev–Trinajstić information content (AvgIpc) is 2.53. The molecule has 112 valence electrons. The monoisotopic (exact) mass is 334 g/mol. The van der Waals surface area contributed by atoms with Crippen molar-refractivity contribution in [3.05, 3.63) is 58.6 Å². The quantitative estimate of drug-likeness (QED) is 0.798. The van der Waals surface area contributed by atoms with Gasteiger partial charge in [-0.3, -0.25) is 0 Å². The standard InChI is InChI=1S/C16H12Cl2N2O2/c17-11-1-5-13(6-2-11)21-10-15(20)16(9-19)22-14-7-3-12(18)4-8-14/h1-8,16,20H,10H2. The summed E-state index contributed by atoms with van der Waals surface area (Å²) in [5, 5.41) is 18.2. The van der Waals surface area contributed by atoms with Crippen LogP contribution in [0.15, 0.2) is 48.5 Å². The van der Waals surface area contributed by atoms with E-state index >= 15 is 0 Å². The van der Waals surface area contributed by atoms with Gasteiger partial charge in [0, 0.05) is 10.0 Å². The van der Waals surface area contributed by atoms with Gasteiger partial charge in [-0.2, -0.15) is 5.26 Å². The van der Waals surface area contributed by atoms with Gasteiger partial charge in [0.2, 0.25) is 6.10 Å². The van der Waals surface area contributed by atoms with Crippen LogP contribution in [-0.4, -0.2) is 18.4 Å². The number of rotatable bonds is 6. The first-order valence-corrected chi connectivity index (χ1v) is 7.11. The molecule has 0 fully saturated rings. The fourth-order valence-corrected chi connectivity index (χ4v) is 1.84. The zero-order valence-electron chi connectivity index (χ0n) is 11.4. The summed E-state index contributed by atoms with van der Waals surface area (Å²) in [4.78, 5) is 0. The normalized spacial score (nSPS) is 11.3. The van der Waals surface area contributed by atoms with Crippen LogP contribution in [0.3, 0.4) is 0 Å². The topological polar surface area (TPSA) is 66.1 Å². The van der Waals surface area contributed by atoms with Gasteiger partial charge < -0.3 is 14.9 Å². The average molecular weight is 335 g/mol. The minimum absolute atomic E-state index is 0.0207. The molecule has 0 radical (unpaired) electrons. The van der Waals surface area contributed by atoms with E-state index in [-0.39, 0.29) is 12.3 Å². The third-order valence-corrected chi connectivity index (χ3v) is 3.21. The van der Waals surface area contributed by atoms with Gasteiger partial charge in [-0.25, -0.2) is 0 Å². The summed E-state index contributed by atoms with van der Waals surface area (Å²) in [6, 6.07) is 15.3. The molecule has 0 bridgehead atoms. The summed E-state index contributed by atoms with van der Waals surface area (Å²) in [5.41, 5.74) is 0.0207. The molecule has 22 heavy (non-hydrogen) atoms. The van der Waals surface area contributed by atoms with E-state index in [9.17, 15) is 0 Å². The highest BCUT2D eigenvalue weighted by Crippen LogP contribution is 2.18. The first kappa shape index (κ1) is 16.2. The van der Waals surface area contributed by atoms with Crippen LogP contribution in [0.1, 0.15) is 0 Å². The Bertz CT molecular complexity index is 679. The number of nitrogens with one attached hydrogen (secondary N) is 1. The van der Waals surface area contributed by atoms with Gasteiger partial charge in [0.1, 0.15) is 29.9 Å². The number of nitrogens with zero attached hydrogens (tertiary/aromatic N) is 1. The molecule has 0 heterocycles. The fraction of sp³-hybridized carbons (Fsp3) is 0.125. The van der Waals surface area contributed by atoms with Crippen LogP contribution in [0.4, 0.5) is 0 Å². The molecule has 1 N–H and O–H groups in total. The number of hydrogen-bond acceptors (Lipinski definition) is 4. The Kier molecular flexibility index (Phi) is 5.65. The molecule has 0 amide bonds. The van der Waals surface area contributed by atoms with Gasteiger partial charge in [0.15, 0.2) is 0 Å². The zero-order chi connectivity index (χ0) is 15.9. The molecule has 2 aromatic rings. The van der Waals surface area contributed by atoms with Crippen molar-refractivity contribution < 1.29 is 9.47 Å². The molecule has 0 saturated carbocycles. The van der Waals surface area contributed by atoms with Gasteiger partial charge in [-0.05, 0) is 48.5 Å². The Morgan fingerprint density at radius 3 is 2.00 bits per heavy atom. The van der Waals surface area contributed by atoms with E-state index in [1.54, 1.807) is 48.5 Å². The van der Waals surface area contributed by atoms with Crippen molar-refractivity contribution in [3.63, 3.8) is 0 Å². The van der Waals surface area contributed by atoms with Crippen molar-refractivity contribution >= 4 is 28.9 Å². The smallest absolute Gasteiger partial charge is 0.225 e. The fourth-order valence-electron chi connectivity index (χ4n) is 1.59. The maximum Gasteiger partial charge on any atom is 0.225 e. The Morgan fingerprint density at radius 2 is 1.50 bits per heavy atom. The van der Waals surface area contributed by atoms with Gasteiger partial charge in [0.05, 0.1) is 0 Å². The van der Waals surface area contributed by atoms with Crippen LogP contribution in [0.25, 0.3) is 0 Å². The predicted octanol–water partition coefficient (Wildman–Crippen LogP) is 4.36. The second-order valence-corrected chi connectivity index (χ2v) is 5.22. The number of benzene rings is 2. The lowest BCUT2D eigenvalue weighted by molar-refractivity contribution is 0.298. The number of hydrogen-bond donors (Lipinski definition) is 1. The van der Waals surface area contributed by atoms with E-state index in [4.69, 9.17) is 43.3 Å². The first-order valence-electron chi connectivity index (χ1n) is 6.36. The van der Waals surface area contributed by atoms with Crippen molar-refractivity contribution in [1.82, 2.24) is 0 Å². The number of halogens is 2. The minimum Gasteiger partial charge on any atom is -0.487 e. The molecule has 0 aromatic heterocycles. The van der Waals surface area contributed by atoms with Gasteiger partial charge >= 0.3 is 0 Å². The molecule has 0 saturated heterocycles. The Balaban J connectivity index is 1.92. The zero-order valence-corrected chi connectivity index (χ0v) is 12.9. The molecule has 1 unspecified atom stereocenters. The Hall–Kier alpha value is -2.22. The van der Waals surface area contributed by atoms with E-state index in [0.717, 1.165) is 0 Å². The molecular weight excluding hydrogens is 323 g/mol. The van der Waals surface area contributed by atoms with Gasteiger partial charge in [0.25, 0.3) is 0 Å². The third-order valence-electron chi connectivity index (χ3n) is 2.71. The van der Waals surface area contributed by atoms with Crippen LogP contribution in [-0.2, 0) is 0 Å². The lowest BCUT2D eigenvalue weighted by Crippen LogP contribution is -2.29. The van der Waals surface area contributed by atoms with Crippen LogP contribution in [0, 0.1) is 16.7 Å². The first-order chi connectivity index (χ1) is 10.6. The second kappa shape index (κ2) is 7.69. The van der Waals surface area contributed by atoms with Crippen molar-refractivity contribution in [1.29, 1.82) is 10.7 Å². The van der Waals surface area contributed by atoms with Crippen LogP contribution in [0.2, 0.25) is 10.0 Å².